The number of ether oxygens (including phenoxy) is 2. The average molecular weight is 240 g/mol. The second kappa shape index (κ2) is 6.82. The average Bonchev–Trinajstić information content (AvgIpc) is 2.31. The molecule has 0 aromatic heterocycles. The molecule has 0 bridgehead atoms. The van der Waals surface area contributed by atoms with Crippen molar-refractivity contribution in [2.45, 2.75) is 13.5 Å². The lowest BCUT2D eigenvalue weighted by Crippen LogP contribution is -2.09. The zero-order chi connectivity index (χ0) is 12.7. The lowest BCUT2D eigenvalue weighted by Gasteiger charge is -2.10. The fourth-order valence-electron chi connectivity index (χ4n) is 1.34. The number of rotatable bonds is 7. The molecule has 0 aliphatic heterocycles. The molecule has 1 rings (SSSR count). The summed E-state index contributed by atoms with van der Waals surface area (Å²) in [6.45, 7) is 3.08. The molecule has 0 atom stereocenters. The van der Waals surface area contributed by atoms with Gasteiger partial charge in [-0.3, -0.25) is 10.1 Å². The molecule has 0 heterocycles. The molecule has 0 spiro atoms. The van der Waals surface area contributed by atoms with E-state index in [-0.39, 0.29) is 12.5 Å². The molecule has 0 aliphatic rings. The number of benzene rings is 1. The van der Waals surface area contributed by atoms with E-state index in [0.717, 1.165) is 5.56 Å². The minimum Gasteiger partial charge on any atom is -0.467 e. The van der Waals surface area contributed by atoms with Gasteiger partial charge in [-0.05, 0) is 20.0 Å². The van der Waals surface area contributed by atoms with Gasteiger partial charge >= 0.3 is 0 Å². The molecule has 6 nitrogen and oxygen atoms in total. The Morgan fingerprint density at radius 2 is 2.24 bits per heavy atom. The SMILES string of the molecule is CCOCOc1ccc([N+](=O)[O-])cc1CNC. The van der Waals surface area contributed by atoms with Crippen LogP contribution < -0.4 is 10.1 Å². The first-order valence-corrected chi connectivity index (χ1v) is 5.31. The van der Waals surface area contributed by atoms with E-state index in [0.29, 0.717) is 18.9 Å². The first-order valence-electron chi connectivity index (χ1n) is 5.31. The third-order valence-electron chi connectivity index (χ3n) is 2.12. The van der Waals surface area contributed by atoms with Gasteiger partial charge in [0.2, 0.25) is 0 Å². The van der Waals surface area contributed by atoms with E-state index in [4.69, 9.17) is 9.47 Å². The van der Waals surface area contributed by atoms with E-state index >= 15 is 0 Å². The molecule has 1 N–H and O–H groups in total. The Kier molecular flexibility index (Phi) is 5.38. The lowest BCUT2D eigenvalue weighted by molar-refractivity contribution is -0.384. The third kappa shape index (κ3) is 4.01. The van der Waals surface area contributed by atoms with Gasteiger partial charge in [-0.2, -0.15) is 0 Å². The van der Waals surface area contributed by atoms with Crippen molar-refractivity contribution in [3.05, 3.63) is 33.9 Å². The normalized spacial score (nSPS) is 10.2. The predicted molar refractivity (Wildman–Crippen MR) is 63.0 cm³/mol. The highest BCUT2D eigenvalue weighted by molar-refractivity contribution is 5.43. The third-order valence-corrected chi connectivity index (χ3v) is 2.12. The van der Waals surface area contributed by atoms with Crippen molar-refractivity contribution in [3.8, 4) is 5.75 Å². The van der Waals surface area contributed by atoms with Crippen LogP contribution in [0.15, 0.2) is 18.2 Å². The van der Waals surface area contributed by atoms with E-state index in [9.17, 15) is 10.1 Å². The summed E-state index contributed by atoms with van der Waals surface area (Å²) in [6, 6.07) is 4.50. The van der Waals surface area contributed by atoms with Crippen LogP contribution in [0.4, 0.5) is 5.69 Å². The number of nitro benzene ring substituents is 1. The van der Waals surface area contributed by atoms with Gasteiger partial charge in [0.1, 0.15) is 5.75 Å². The van der Waals surface area contributed by atoms with Crippen molar-refractivity contribution in [2.24, 2.45) is 0 Å². The van der Waals surface area contributed by atoms with E-state index < -0.39 is 4.92 Å². The van der Waals surface area contributed by atoms with Gasteiger partial charge in [0.25, 0.3) is 5.69 Å². The maximum absolute atomic E-state index is 10.6. The van der Waals surface area contributed by atoms with E-state index in [1.807, 2.05) is 6.92 Å². The number of nitro groups is 1. The van der Waals surface area contributed by atoms with Crippen molar-refractivity contribution in [1.82, 2.24) is 5.32 Å². The fraction of sp³-hybridized carbons (Fsp3) is 0.455. The second-order valence-electron chi connectivity index (χ2n) is 3.33. The zero-order valence-corrected chi connectivity index (χ0v) is 9.93. The number of nitrogens with one attached hydrogen (secondary N) is 1. The van der Waals surface area contributed by atoms with Crippen LogP contribution in [-0.4, -0.2) is 25.4 Å². The van der Waals surface area contributed by atoms with E-state index in [1.54, 1.807) is 13.1 Å². The molecular weight excluding hydrogens is 224 g/mol. The summed E-state index contributed by atoms with van der Waals surface area (Å²) >= 11 is 0. The van der Waals surface area contributed by atoms with Crippen molar-refractivity contribution in [3.63, 3.8) is 0 Å². The molecule has 0 aliphatic carbocycles. The minimum atomic E-state index is -0.425. The van der Waals surface area contributed by atoms with Crippen LogP contribution in [0.2, 0.25) is 0 Å². The largest absolute Gasteiger partial charge is 0.467 e. The minimum absolute atomic E-state index is 0.0546. The van der Waals surface area contributed by atoms with Crippen LogP contribution >= 0.6 is 0 Å². The van der Waals surface area contributed by atoms with E-state index in [2.05, 4.69) is 5.32 Å². The Labute approximate surface area is 99.7 Å². The molecule has 0 fully saturated rings. The quantitative estimate of drug-likeness (QED) is 0.340. The zero-order valence-electron chi connectivity index (χ0n) is 9.93. The number of non-ortho nitro benzene ring substituents is 1. The van der Waals surface area contributed by atoms with Crippen molar-refractivity contribution >= 4 is 5.69 Å². The first-order chi connectivity index (χ1) is 8.19. The van der Waals surface area contributed by atoms with Crippen molar-refractivity contribution in [2.75, 3.05) is 20.4 Å². The van der Waals surface area contributed by atoms with Crippen LogP contribution in [0.5, 0.6) is 5.75 Å². The summed E-state index contributed by atoms with van der Waals surface area (Å²) in [5.74, 6) is 0.596. The monoisotopic (exact) mass is 240 g/mol. The Morgan fingerprint density at radius 3 is 2.82 bits per heavy atom. The van der Waals surface area contributed by atoms with Crippen LogP contribution in [0.25, 0.3) is 0 Å². The second-order valence-corrected chi connectivity index (χ2v) is 3.33. The van der Waals surface area contributed by atoms with Crippen LogP contribution in [0.1, 0.15) is 12.5 Å². The van der Waals surface area contributed by atoms with Gasteiger partial charge in [-0.1, -0.05) is 0 Å². The van der Waals surface area contributed by atoms with Crippen LogP contribution in [-0.2, 0) is 11.3 Å². The summed E-state index contributed by atoms with van der Waals surface area (Å²) in [5.41, 5.74) is 0.792. The van der Waals surface area contributed by atoms with Crippen molar-refractivity contribution < 1.29 is 14.4 Å². The maximum atomic E-state index is 10.6. The molecule has 1 aromatic carbocycles. The predicted octanol–water partition coefficient (Wildman–Crippen LogP) is 1.69. The van der Waals surface area contributed by atoms with Crippen LogP contribution in [0, 0.1) is 10.1 Å². The summed E-state index contributed by atoms with van der Waals surface area (Å²) < 4.78 is 10.5. The van der Waals surface area contributed by atoms with Gasteiger partial charge in [0.05, 0.1) is 4.92 Å². The van der Waals surface area contributed by atoms with Crippen molar-refractivity contribution in [1.29, 1.82) is 0 Å². The van der Waals surface area contributed by atoms with Gasteiger partial charge in [-0.15, -0.1) is 0 Å². The van der Waals surface area contributed by atoms with E-state index in [1.165, 1.54) is 12.1 Å². The van der Waals surface area contributed by atoms with Crippen LogP contribution in [0.3, 0.4) is 0 Å². The molecular formula is C11H16N2O4. The molecule has 0 saturated carbocycles. The van der Waals surface area contributed by atoms with Gasteiger partial charge < -0.3 is 14.8 Å². The molecule has 0 radical (unpaired) electrons. The fourth-order valence-corrected chi connectivity index (χ4v) is 1.34. The Balaban J connectivity index is 2.83. The molecule has 0 saturated heterocycles. The molecule has 6 heteroatoms. The Hall–Kier alpha value is -1.66. The maximum Gasteiger partial charge on any atom is 0.270 e. The number of nitrogens with zero attached hydrogens (tertiary/aromatic N) is 1. The Morgan fingerprint density at radius 1 is 1.47 bits per heavy atom. The summed E-state index contributed by atoms with van der Waals surface area (Å²) in [7, 11) is 1.77. The summed E-state index contributed by atoms with van der Waals surface area (Å²) in [4.78, 5) is 10.2. The highest BCUT2D eigenvalue weighted by atomic mass is 16.7. The first kappa shape index (κ1) is 13.4. The highest BCUT2D eigenvalue weighted by Crippen LogP contribution is 2.24. The molecule has 17 heavy (non-hydrogen) atoms. The smallest absolute Gasteiger partial charge is 0.270 e. The van der Waals surface area contributed by atoms with Gasteiger partial charge in [0, 0.05) is 30.8 Å². The standard InChI is InChI=1S/C11H16N2O4/c1-3-16-8-17-11-5-4-10(13(14)15)6-9(11)7-12-2/h4-6,12H,3,7-8H2,1-2H3. The van der Waals surface area contributed by atoms with Gasteiger partial charge in [-0.25, -0.2) is 0 Å². The molecule has 0 unspecified atom stereocenters. The molecule has 94 valence electrons. The molecule has 1 aromatic rings. The number of hydrogen-bond donors (Lipinski definition) is 1. The summed E-state index contributed by atoms with van der Waals surface area (Å²) in [5, 5.41) is 13.6. The molecule has 0 amide bonds. The lowest BCUT2D eigenvalue weighted by atomic mass is 10.2. The number of hydrogen-bond acceptors (Lipinski definition) is 5. The highest BCUT2D eigenvalue weighted by Gasteiger charge is 2.11. The topological polar surface area (TPSA) is 73.6 Å². The summed E-state index contributed by atoms with van der Waals surface area (Å²) in [6.07, 6.45) is 0. The Bertz CT molecular complexity index is 382. The van der Waals surface area contributed by atoms with Gasteiger partial charge in [0.15, 0.2) is 6.79 Å².